The number of ether oxygens (including phenoxy) is 1. The number of ketones is 2. The molecule has 0 saturated carbocycles. The van der Waals surface area contributed by atoms with Gasteiger partial charge in [-0.05, 0) is 83.5 Å². The molecule has 244 valence electrons. The molecule has 0 unspecified atom stereocenters. The summed E-state index contributed by atoms with van der Waals surface area (Å²) in [7, 11) is 0. The van der Waals surface area contributed by atoms with Gasteiger partial charge in [0.15, 0.2) is 11.6 Å². The largest absolute Gasteiger partial charge is 0.489 e. The lowest BCUT2D eigenvalue weighted by Gasteiger charge is -2.22. The fourth-order valence-electron chi connectivity index (χ4n) is 5.95. The molecule has 0 spiro atoms. The van der Waals surface area contributed by atoms with Crippen molar-refractivity contribution in [3.8, 4) is 5.75 Å². The summed E-state index contributed by atoms with van der Waals surface area (Å²) in [4.78, 5) is 31.6. The second-order valence-electron chi connectivity index (χ2n) is 13.4. The molecule has 0 atom stereocenters. The van der Waals surface area contributed by atoms with Gasteiger partial charge in [-0.1, -0.05) is 131 Å². The lowest BCUT2D eigenvalue weighted by molar-refractivity contribution is 0.0974. The van der Waals surface area contributed by atoms with Crippen LogP contribution in [0.2, 0.25) is 0 Å². The van der Waals surface area contributed by atoms with Gasteiger partial charge in [0.2, 0.25) is 0 Å². The third-order valence-corrected chi connectivity index (χ3v) is 10.9. The van der Waals surface area contributed by atoms with Crippen LogP contribution < -0.4 is 4.74 Å². The molecule has 48 heavy (non-hydrogen) atoms. The van der Waals surface area contributed by atoms with Crippen LogP contribution in [0.25, 0.3) is 0 Å². The Kier molecular flexibility index (Phi) is 10.6. The maximum absolute atomic E-state index is 14.0. The standard InChI is InChI=1S/C43H42O3S2/c1-5-6-7-8-11-29-18-24-33(25-19-29)47-37-14-9-12-35-39(37)41(44)36-13-10-15-38(40(36)42(35)45)48-34-26-22-32(23-27-34)46-28-30-16-20-31(21-17-30)43(2,3)4/h9-10,12-27H,5-8,11,28H2,1-4H3. The van der Waals surface area contributed by atoms with Crippen molar-refractivity contribution in [1.82, 2.24) is 0 Å². The number of rotatable bonds is 12. The molecule has 0 aliphatic heterocycles. The van der Waals surface area contributed by atoms with Crippen LogP contribution in [-0.4, -0.2) is 11.6 Å². The average molecular weight is 671 g/mol. The molecule has 0 heterocycles. The first kappa shape index (κ1) is 33.8. The molecule has 5 heteroatoms. The van der Waals surface area contributed by atoms with Gasteiger partial charge in [-0.25, -0.2) is 0 Å². The van der Waals surface area contributed by atoms with Crippen LogP contribution in [0, 0.1) is 0 Å². The highest BCUT2D eigenvalue weighted by atomic mass is 32.2. The molecule has 0 bridgehead atoms. The number of carbonyl (C=O) groups excluding carboxylic acids is 2. The molecule has 0 radical (unpaired) electrons. The molecular formula is C43H42O3S2. The molecule has 1 aliphatic rings. The zero-order valence-corrected chi connectivity index (χ0v) is 29.8. The maximum Gasteiger partial charge on any atom is 0.195 e. The first-order valence-corrected chi connectivity index (χ1v) is 18.5. The van der Waals surface area contributed by atoms with Crippen LogP contribution in [0.4, 0.5) is 0 Å². The van der Waals surface area contributed by atoms with E-state index in [1.807, 2.05) is 48.5 Å². The molecular weight excluding hydrogens is 629 g/mol. The average Bonchev–Trinajstić information content (AvgIpc) is 3.09. The molecule has 0 N–H and O–H groups in total. The van der Waals surface area contributed by atoms with E-state index in [9.17, 15) is 9.59 Å². The van der Waals surface area contributed by atoms with Gasteiger partial charge in [0.25, 0.3) is 0 Å². The molecule has 6 rings (SSSR count). The molecule has 3 nitrogen and oxygen atoms in total. The van der Waals surface area contributed by atoms with Gasteiger partial charge in [-0.2, -0.15) is 0 Å². The van der Waals surface area contributed by atoms with Gasteiger partial charge in [0.1, 0.15) is 12.4 Å². The van der Waals surface area contributed by atoms with Crippen molar-refractivity contribution < 1.29 is 14.3 Å². The molecule has 1 aliphatic carbocycles. The summed E-state index contributed by atoms with van der Waals surface area (Å²) in [5.41, 5.74) is 5.78. The Morgan fingerprint density at radius 3 is 1.62 bits per heavy atom. The summed E-state index contributed by atoms with van der Waals surface area (Å²) in [6, 6.07) is 36.3. The quantitative estimate of drug-likeness (QED) is 0.121. The predicted octanol–water partition coefficient (Wildman–Crippen LogP) is 11.8. The van der Waals surface area contributed by atoms with Crippen LogP contribution in [0.1, 0.15) is 102 Å². The molecule has 0 aromatic heterocycles. The first-order chi connectivity index (χ1) is 23.2. The number of hydrogen-bond donors (Lipinski definition) is 0. The number of hydrogen-bond acceptors (Lipinski definition) is 5. The third-order valence-electron chi connectivity index (χ3n) is 8.74. The van der Waals surface area contributed by atoms with Gasteiger partial charge in [0.05, 0.1) is 0 Å². The zero-order valence-electron chi connectivity index (χ0n) is 28.2. The van der Waals surface area contributed by atoms with Crippen molar-refractivity contribution in [3.63, 3.8) is 0 Å². The van der Waals surface area contributed by atoms with Crippen LogP contribution >= 0.6 is 23.5 Å². The van der Waals surface area contributed by atoms with Crippen molar-refractivity contribution in [1.29, 1.82) is 0 Å². The van der Waals surface area contributed by atoms with Crippen LogP contribution in [0.5, 0.6) is 5.75 Å². The van der Waals surface area contributed by atoms with Crippen molar-refractivity contribution in [2.24, 2.45) is 0 Å². The topological polar surface area (TPSA) is 43.4 Å². The number of benzene rings is 5. The van der Waals surface area contributed by atoms with E-state index < -0.39 is 0 Å². The van der Waals surface area contributed by atoms with Gasteiger partial charge in [0, 0.05) is 41.8 Å². The van der Waals surface area contributed by atoms with Crippen molar-refractivity contribution in [2.75, 3.05) is 0 Å². The summed E-state index contributed by atoms with van der Waals surface area (Å²) < 4.78 is 6.06. The molecule has 5 aromatic rings. The fourth-order valence-corrected chi connectivity index (χ4v) is 7.91. The van der Waals surface area contributed by atoms with Crippen molar-refractivity contribution >= 4 is 35.1 Å². The van der Waals surface area contributed by atoms with E-state index >= 15 is 0 Å². The summed E-state index contributed by atoms with van der Waals surface area (Å²) in [6.07, 6.45) is 6.06. The molecule has 0 saturated heterocycles. The number of fused-ring (bicyclic) bond motifs is 2. The Balaban J connectivity index is 1.15. The highest BCUT2D eigenvalue weighted by Crippen LogP contribution is 2.41. The minimum Gasteiger partial charge on any atom is -0.489 e. The van der Waals surface area contributed by atoms with E-state index in [4.69, 9.17) is 4.74 Å². The second kappa shape index (κ2) is 15.0. The van der Waals surface area contributed by atoms with E-state index in [0.29, 0.717) is 28.9 Å². The summed E-state index contributed by atoms with van der Waals surface area (Å²) >= 11 is 3.04. The Bertz CT molecular complexity index is 1900. The predicted molar refractivity (Wildman–Crippen MR) is 198 cm³/mol. The highest BCUT2D eigenvalue weighted by molar-refractivity contribution is 7.99. The normalized spacial score (nSPS) is 12.5. The van der Waals surface area contributed by atoms with Gasteiger partial charge < -0.3 is 4.74 Å². The second-order valence-corrected chi connectivity index (χ2v) is 15.6. The van der Waals surface area contributed by atoms with Crippen LogP contribution in [-0.2, 0) is 18.4 Å². The number of aryl methyl sites for hydroxylation is 1. The van der Waals surface area contributed by atoms with Gasteiger partial charge >= 0.3 is 0 Å². The lowest BCUT2D eigenvalue weighted by atomic mass is 9.84. The molecule has 0 fully saturated rings. The Morgan fingerprint density at radius 1 is 0.583 bits per heavy atom. The van der Waals surface area contributed by atoms with E-state index in [1.165, 1.54) is 48.6 Å². The maximum atomic E-state index is 14.0. The Hall–Kier alpha value is -4.06. The van der Waals surface area contributed by atoms with Crippen molar-refractivity contribution in [3.05, 3.63) is 148 Å². The van der Waals surface area contributed by atoms with Gasteiger partial charge in [-0.3, -0.25) is 9.59 Å². The number of carbonyl (C=O) groups is 2. The minimum absolute atomic E-state index is 0.100. The molecule has 0 amide bonds. The smallest absolute Gasteiger partial charge is 0.195 e. The SMILES string of the molecule is CCCCCCc1ccc(Sc2cccc3c2C(=O)c2cccc(Sc4ccc(OCc5ccc(C(C)(C)C)cc5)cc4)c2C3=O)cc1. The minimum atomic E-state index is -0.106. The van der Waals surface area contributed by atoms with E-state index in [2.05, 4.69) is 76.2 Å². The fraction of sp³-hybridized carbons (Fsp3) is 0.256. The van der Waals surface area contributed by atoms with Crippen LogP contribution in [0.3, 0.4) is 0 Å². The monoisotopic (exact) mass is 670 g/mol. The Labute approximate surface area is 293 Å². The Morgan fingerprint density at radius 2 is 1.10 bits per heavy atom. The lowest BCUT2D eigenvalue weighted by Crippen LogP contribution is -2.22. The highest BCUT2D eigenvalue weighted by Gasteiger charge is 2.33. The molecule has 5 aromatic carbocycles. The van der Waals surface area contributed by atoms with E-state index in [-0.39, 0.29) is 17.0 Å². The van der Waals surface area contributed by atoms with Crippen molar-refractivity contribution in [2.45, 2.75) is 91.4 Å². The third kappa shape index (κ3) is 7.80. The van der Waals surface area contributed by atoms with E-state index in [1.54, 1.807) is 23.9 Å². The first-order valence-electron chi connectivity index (χ1n) is 16.8. The summed E-state index contributed by atoms with van der Waals surface area (Å²) in [5, 5.41) is 0. The number of unbranched alkanes of at least 4 members (excludes halogenated alkanes) is 3. The zero-order chi connectivity index (χ0) is 33.7. The summed E-state index contributed by atoms with van der Waals surface area (Å²) in [6.45, 7) is 9.35. The van der Waals surface area contributed by atoms with Gasteiger partial charge in [-0.15, -0.1) is 0 Å². The summed E-state index contributed by atoms with van der Waals surface area (Å²) in [5.74, 6) is 0.572. The van der Waals surface area contributed by atoms with Crippen LogP contribution in [0.15, 0.2) is 129 Å². The van der Waals surface area contributed by atoms with E-state index in [0.717, 1.165) is 37.3 Å².